The molecule has 1 aromatic heterocycles. The molecule has 21 heavy (non-hydrogen) atoms. The summed E-state index contributed by atoms with van der Waals surface area (Å²) in [4.78, 5) is 8.87. The van der Waals surface area contributed by atoms with Crippen molar-refractivity contribution in [2.75, 3.05) is 7.11 Å². The minimum atomic E-state index is 0.469. The molecule has 0 amide bonds. The Balaban J connectivity index is 0.000000774. The topological polar surface area (TPSA) is 35.0 Å². The quantitative estimate of drug-likeness (QED) is 0.626. The first kappa shape index (κ1) is 15.3. The van der Waals surface area contributed by atoms with Gasteiger partial charge in [-0.1, -0.05) is 37.6 Å². The van der Waals surface area contributed by atoms with Crippen molar-refractivity contribution in [2.45, 2.75) is 13.8 Å². The molecule has 108 valence electrons. The lowest BCUT2D eigenvalue weighted by atomic mass is 10.2. The van der Waals surface area contributed by atoms with E-state index in [2.05, 4.69) is 9.97 Å². The number of rotatable bonds is 2. The van der Waals surface area contributed by atoms with E-state index < -0.39 is 0 Å². The summed E-state index contributed by atoms with van der Waals surface area (Å²) in [6, 6.07) is 15.3. The minimum absolute atomic E-state index is 0.469. The molecule has 2 aromatic carbocycles. The maximum absolute atomic E-state index is 6.19. The monoisotopic (exact) mass is 300 g/mol. The van der Waals surface area contributed by atoms with Crippen LogP contribution in [0.5, 0.6) is 5.75 Å². The van der Waals surface area contributed by atoms with Crippen LogP contribution in [0, 0.1) is 0 Å². The van der Waals surface area contributed by atoms with Gasteiger partial charge < -0.3 is 4.74 Å². The smallest absolute Gasteiger partial charge is 0.161 e. The number of benzene rings is 2. The normalized spacial score (nSPS) is 9.90. The number of hydrogen-bond donors (Lipinski definition) is 0. The zero-order valence-electron chi connectivity index (χ0n) is 12.3. The molecule has 0 unspecified atom stereocenters. The molecule has 0 aliphatic rings. The van der Waals surface area contributed by atoms with Crippen LogP contribution < -0.4 is 4.74 Å². The summed E-state index contributed by atoms with van der Waals surface area (Å²) in [7, 11) is 1.64. The zero-order valence-corrected chi connectivity index (χ0v) is 13.1. The highest BCUT2D eigenvalue weighted by atomic mass is 35.5. The zero-order chi connectivity index (χ0) is 15.2. The maximum Gasteiger partial charge on any atom is 0.161 e. The number of para-hydroxylation sites is 1. The van der Waals surface area contributed by atoms with Crippen LogP contribution in [0.4, 0.5) is 0 Å². The van der Waals surface area contributed by atoms with Gasteiger partial charge in [0.05, 0.1) is 12.6 Å². The number of aromatic nitrogens is 2. The van der Waals surface area contributed by atoms with E-state index >= 15 is 0 Å². The minimum Gasteiger partial charge on any atom is -0.497 e. The van der Waals surface area contributed by atoms with Gasteiger partial charge in [0, 0.05) is 10.9 Å². The van der Waals surface area contributed by atoms with E-state index in [1.54, 1.807) is 7.11 Å². The highest BCUT2D eigenvalue weighted by Gasteiger charge is 2.07. The third-order valence-corrected chi connectivity index (χ3v) is 3.19. The summed E-state index contributed by atoms with van der Waals surface area (Å²) >= 11 is 6.19. The first-order valence-electron chi connectivity index (χ1n) is 6.84. The average molecular weight is 301 g/mol. The van der Waals surface area contributed by atoms with Crippen LogP contribution in [0.3, 0.4) is 0 Å². The van der Waals surface area contributed by atoms with Gasteiger partial charge in [0.15, 0.2) is 5.82 Å². The maximum atomic E-state index is 6.19. The number of fused-ring (bicyclic) bond motifs is 1. The fourth-order valence-electron chi connectivity index (χ4n) is 1.91. The molecule has 0 saturated carbocycles. The molecule has 0 radical (unpaired) electrons. The first-order chi connectivity index (χ1) is 10.3. The van der Waals surface area contributed by atoms with Crippen LogP contribution in [0.2, 0.25) is 5.15 Å². The van der Waals surface area contributed by atoms with Gasteiger partial charge in [-0.2, -0.15) is 0 Å². The Labute approximate surface area is 129 Å². The van der Waals surface area contributed by atoms with Crippen LogP contribution in [0.1, 0.15) is 13.8 Å². The molecular formula is C17H17ClN2O. The molecule has 3 nitrogen and oxygen atoms in total. The molecule has 0 bridgehead atoms. The van der Waals surface area contributed by atoms with Crippen molar-refractivity contribution >= 4 is 22.5 Å². The van der Waals surface area contributed by atoms with Gasteiger partial charge in [0.2, 0.25) is 0 Å². The lowest BCUT2D eigenvalue weighted by molar-refractivity contribution is 0.415. The predicted octanol–water partition coefficient (Wildman–Crippen LogP) is 4.99. The Morgan fingerprint density at radius 1 is 0.905 bits per heavy atom. The van der Waals surface area contributed by atoms with Crippen LogP contribution in [-0.4, -0.2) is 17.1 Å². The number of halogens is 1. The fraction of sp³-hybridized carbons (Fsp3) is 0.176. The second kappa shape index (κ2) is 7.04. The van der Waals surface area contributed by atoms with Crippen molar-refractivity contribution in [3.8, 4) is 17.1 Å². The molecule has 0 aliphatic carbocycles. The van der Waals surface area contributed by atoms with Gasteiger partial charge >= 0.3 is 0 Å². The van der Waals surface area contributed by atoms with E-state index in [1.807, 2.05) is 62.4 Å². The average Bonchev–Trinajstić information content (AvgIpc) is 2.57. The Morgan fingerprint density at radius 2 is 1.57 bits per heavy atom. The third-order valence-electron chi connectivity index (χ3n) is 2.90. The summed E-state index contributed by atoms with van der Waals surface area (Å²) in [5, 5.41) is 1.33. The van der Waals surface area contributed by atoms with Gasteiger partial charge in [-0.05, 0) is 36.4 Å². The molecule has 0 aliphatic heterocycles. The van der Waals surface area contributed by atoms with Crippen LogP contribution in [0.25, 0.3) is 22.3 Å². The summed E-state index contributed by atoms with van der Waals surface area (Å²) in [5.74, 6) is 1.42. The highest BCUT2D eigenvalue weighted by Crippen LogP contribution is 2.25. The van der Waals surface area contributed by atoms with Crippen molar-refractivity contribution in [1.29, 1.82) is 0 Å². The summed E-state index contributed by atoms with van der Waals surface area (Å²) in [6.45, 7) is 4.00. The number of ether oxygens (including phenoxy) is 1. The molecule has 0 N–H and O–H groups in total. The number of nitrogens with zero attached hydrogens (tertiary/aromatic N) is 2. The standard InChI is InChI=1S/C15H11ClN2O.C2H6/c1-19-11-8-6-10(7-9-11)15-17-13-5-3-2-4-12(13)14(16)18-15;1-2/h2-9H,1H3;1-2H3. The van der Waals surface area contributed by atoms with E-state index in [0.717, 1.165) is 22.2 Å². The van der Waals surface area contributed by atoms with Gasteiger partial charge in [0.1, 0.15) is 10.9 Å². The van der Waals surface area contributed by atoms with Gasteiger partial charge in [-0.3, -0.25) is 0 Å². The number of methoxy groups -OCH3 is 1. The Morgan fingerprint density at radius 3 is 2.24 bits per heavy atom. The lowest BCUT2D eigenvalue weighted by Gasteiger charge is -2.05. The second-order valence-corrected chi connectivity index (χ2v) is 4.44. The van der Waals surface area contributed by atoms with E-state index in [9.17, 15) is 0 Å². The van der Waals surface area contributed by atoms with Crippen molar-refractivity contribution in [3.63, 3.8) is 0 Å². The Bertz CT molecular complexity index is 726. The molecule has 0 spiro atoms. The van der Waals surface area contributed by atoms with E-state index in [-0.39, 0.29) is 0 Å². The van der Waals surface area contributed by atoms with E-state index in [0.29, 0.717) is 11.0 Å². The molecule has 0 fully saturated rings. The van der Waals surface area contributed by atoms with Crippen LogP contribution >= 0.6 is 11.6 Å². The van der Waals surface area contributed by atoms with Crippen LogP contribution in [0.15, 0.2) is 48.5 Å². The van der Waals surface area contributed by atoms with Crippen molar-refractivity contribution in [3.05, 3.63) is 53.7 Å². The molecule has 3 rings (SSSR count). The number of hydrogen-bond acceptors (Lipinski definition) is 3. The van der Waals surface area contributed by atoms with Gasteiger partial charge in [0.25, 0.3) is 0 Å². The summed E-state index contributed by atoms with van der Waals surface area (Å²) in [5.41, 5.74) is 1.75. The Kier molecular flexibility index (Phi) is 5.12. The van der Waals surface area contributed by atoms with Gasteiger partial charge in [-0.15, -0.1) is 0 Å². The van der Waals surface area contributed by atoms with Gasteiger partial charge in [-0.25, -0.2) is 9.97 Å². The van der Waals surface area contributed by atoms with E-state index in [4.69, 9.17) is 16.3 Å². The molecule has 4 heteroatoms. The Hall–Kier alpha value is -2.13. The molecule has 0 atom stereocenters. The molecule has 3 aromatic rings. The van der Waals surface area contributed by atoms with E-state index in [1.165, 1.54) is 0 Å². The largest absolute Gasteiger partial charge is 0.497 e. The van der Waals surface area contributed by atoms with Crippen molar-refractivity contribution in [1.82, 2.24) is 9.97 Å². The molecule has 1 heterocycles. The SMILES string of the molecule is CC.COc1ccc(-c2nc(Cl)c3ccccc3n2)cc1. The van der Waals surface area contributed by atoms with Crippen molar-refractivity contribution in [2.24, 2.45) is 0 Å². The second-order valence-electron chi connectivity index (χ2n) is 4.08. The third kappa shape index (κ3) is 3.31. The highest BCUT2D eigenvalue weighted by molar-refractivity contribution is 6.34. The van der Waals surface area contributed by atoms with Crippen LogP contribution in [-0.2, 0) is 0 Å². The molecular weight excluding hydrogens is 284 g/mol. The first-order valence-corrected chi connectivity index (χ1v) is 7.22. The molecule has 0 saturated heterocycles. The fourth-order valence-corrected chi connectivity index (χ4v) is 2.15. The predicted molar refractivity (Wildman–Crippen MR) is 87.9 cm³/mol. The van der Waals surface area contributed by atoms with Crippen molar-refractivity contribution < 1.29 is 4.74 Å². The summed E-state index contributed by atoms with van der Waals surface area (Å²) < 4.78 is 5.13. The summed E-state index contributed by atoms with van der Waals surface area (Å²) in [6.07, 6.45) is 0. The lowest BCUT2D eigenvalue weighted by Crippen LogP contribution is -1.92.